The van der Waals surface area contributed by atoms with Gasteiger partial charge in [0.15, 0.2) is 11.0 Å². The normalized spacial score (nSPS) is 10.7. The van der Waals surface area contributed by atoms with Gasteiger partial charge in [-0.15, -0.1) is 10.2 Å². The van der Waals surface area contributed by atoms with Gasteiger partial charge in [-0.25, -0.2) is 0 Å². The van der Waals surface area contributed by atoms with Gasteiger partial charge in [-0.2, -0.15) is 0 Å². The average Bonchev–Trinajstić information content (AvgIpc) is 3.10. The first-order chi connectivity index (χ1) is 13.6. The number of hydrogen-bond acceptors (Lipinski definition) is 5. The molecule has 0 aliphatic carbocycles. The van der Waals surface area contributed by atoms with E-state index in [1.165, 1.54) is 11.8 Å². The molecule has 0 saturated carbocycles. The van der Waals surface area contributed by atoms with E-state index in [0.717, 1.165) is 28.4 Å². The molecular weight excluding hydrogens is 372 g/mol. The van der Waals surface area contributed by atoms with Crippen molar-refractivity contribution in [3.63, 3.8) is 0 Å². The molecule has 3 rings (SSSR count). The van der Waals surface area contributed by atoms with Gasteiger partial charge in [0.25, 0.3) is 0 Å². The highest BCUT2D eigenvalue weighted by Crippen LogP contribution is 2.20. The summed E-state index contributed by atoms with van der Waals surface area (Å²) in [5, 5.41) is 12.1. The molecular formula is C21H24N4O2S. The van der Waals surface area contributed by atoms with E-state index in [0.29, 0.717) is 18.3 Å². The molecule has 6 nitrogen and oxygen atoms in total. The Morgan fingerprint density at radius 2 is 1.93 bits per heavy atom. The van der Waals surface area contributed by atoms with E-state index in [1.807, 2.05) is 73.9 Å². The van der Waals surface area contributed by atoms with Crippen molar-refractivity contribution in [3.8, 4) is 5.75 Å². The topological polar surface area (TPSA) is 69.0 Å². The second kappa shape index (κ2) is 9.41. The van der Waals surface area contributed by atoms with E-state index in [-0.39, 0.29) is 11.7 Å². The summed E-state index contributed by atoms with van der Waals surface area (Å²) < 4.78 is 7.74. The molecule has 2 aromatic carbocycles. The summed E-state index contributed by atoms with van der Waals surface area (Å²) in [5.74, 6) is 1.73. The monoisotopic (exact) mass is 396 g/mol. The number of benzene rings is 2. The summed E-state index contributed by atoms with van der Waals surface area (Å²) in [6, 6.07) is 15.6. The highest BCUT2D eigenvalue weighted by molar-refractivity contribution is 7.99. The minimum atomic E-state index is -0.0635. The largest absolute Gasteiger partial charge is 0.486 e. The number of nitrogens with one attached hydrogen (secondary N) is 1. The van der Waals surface area contributed by atoms with Crippen LogP contribution in [-0.4, -0.2) is 26.4 Å². The van der Waals surface area contributed by atoms with E-state index >= 15 is 0 Å². The van der Waals surface area contributed by atoms with E-state index in [2.05, 4.69) is 15.5 Å². The Bertz CT molecular complexity index is 941. The van der Waals surface area contributed by atoms with Crippen LogP contribution in [0.1, 0.15) is 23.9 Å². The summed E-state index contributed by atoms with van der Waals surface area (Å²) in [6.07, 6.45) is 0. The van der Waals surface area contributed by atoms with Gasteiger partial charge in [-0.3, -0.25) is 4.79 Å². The molecule has 1 amide bonds. The van der Waals surface area contributed by atoms with Crippen LogP contribution in [0.3, 0.4) is 0 Å². The van der Waals surface area contributed by atoms with Crippen LogP contribution in [0.2, 0.25) is 0 Å². The zero-order chi connectivity index (χ0) is 19.9. The quantitative estimate of drug-likeness (QED) is 0.577. The molecule has 146 valence electrons. The van der Waals surface area contributed by atoms with Crippen molar-refractivity contribution in [3.05, 3.63) is 65.5 Å². The van der Waals surface area contributed by atoms with Gasteiger partial charge in [-0.1, -0.05) is 42.1 Å². The number of amides is 1. The number of carbonyl (C=O) groups is 1. The maximum Gasteiger partial charge on any atom is 0.234 e. The Hall–Kier alpha value is -2.80. The number of aromatic nitrogens is 3. The fraction of sp³-hybridized carbons (Fsp3) is 0.286. The zero-order valence-electron chi connectivity index (χ0n) is 16.3. The van der Waals surface area contributed by atoms with Gasteiger partial charge in [0.2, 0.25) is 5.91 Å². The number of rotatable bonds is 8. The lowest BCUT2D eigenvalue weighted by molar-refractivity contribution is -0.113. The van der Waals surface area contributed by atoms with Gasteiger partial charge in [0.1, 0.15) is 12.4 Å². The maximum absolute atomic E-state index is 12.4. The standard InChI is InChI=1S/C21H24N4O2S/c1-4-25-19(13-27-17-8-6-5-7-9-17)23-24-21(25)28-14-20(26)22-18-12-15(2)10-11-16(18)3/h5-12H,4,13-14H2,1-3H3,(H,22,26). The molecule has 0 radical (unpaired) electrons. The first kappa shape index (κ1) is 19.9. The highest BCUT2D eigenvalue weighted by atomic mass is 32.2. The molecule has 0 spiro atoms. The fourth-order valence-electron chi connectivity index (χ4n) is 2.70. The van der Waals surface area contributed by atoms with Crippen LogP contribution in [0.15, 0.2) is 53.7 Å². The van der Waals surface area contributed by atoms with Crippen molar-refractivity contribution in [2.75, 3.05) is 11.1 Å². The number of ether oxygens (including phenoxy) is 1. The molecule has 0 unspecified atom stereocenters. The SMILES string of the molecule is CCn1c(COc2ccccc2)nnc1SCC(=O)Nc1cc(C)ccc1C. The predicted molar refractivity (Wildman–Crippen MR) is 112 cm³/mol. The van der Waals surface area contributed by atoms with Gasteiger partial charge in [-0.05, 0) is 50.1 Å². The molecule has 3 aromatic rings. The predicted octanol–water partition coefficient (Wildman–Crippen LogP) is 4.22. The molecule has 0 bridgehead atoms. The van der Waals surface area contributed by atoms with E-state index in [4.69, 9.17) is 4.74 Å². The second-order valence-corrected chi connectivity index (χ2v) is 7.34. The highest BCUT2D eigenvalue weighted by Gasteiger charge is 2.14. The number of anilines is 1. The number of thioether (sulfide) groups is 1. The summed E-state index contributed by atoms with van der Waals surface area (Å²) in [4.78, 5) is 12.4. The molecule has 0 aliphatic heterocycles. The molecule has 0 saturated heterocycles. The van der Waals surface area contributed by atoms with Crippen LogP contribution in [-0.2, 0) is 17.9 Å². The van der Waals surface area contributed by atoms with Crippen LogP contribution in [0.5, 0.6) is 5.75 Å². The van der Waals surface area contributed by atoms with Gasteiger partial charge in [0, 0.05) is 12.2 Å². The van der Waals surface area contributed by atoms with Gasteiger partial charge in [0.05, 0.1) is 5.75 Å². The lowest BCUT2D eigenvalue weighted by Crippen LogP contribution is -2.15. The summed E-state index contributed by atoms with van der Waals surface area (Å²) in [5.41, 5.74) is 3.00. The second-order valence-electron chi connectivity index (χ2n) is 6.40. The van der Waals surface area contributed by atoms with Crippen LogP contribution in [0.25, 0.3) is 0 Å². The average molecular weight is 397 g/mol. The van der Waals surface area contributed by atoms with Crippen molar-refractivity contribution in [1.29, 1.82) is 0 Å². The Balaban J connectivity index is 1.59. The number of hydrogen-bond donors (Lipinski definition) is 1. The summed E-state index contributed by atoms with van der Waals surface area (Å²) in [7, 11) is 0. The van der Waals surface area contributed by atoms with Crippen LogP contribution >= 0.6 is 11.8 Å². The smallest absolute Gasteiger partial charge is 0.234 e. The van der Waals surface area contributed by atoms with E-state index < -0.39 is 0 Å². The third kappa shape index (κ3) is 5.13. The minimum Gasteiger partial charge on any atom is -0.486 e. The fourth-order valence-corrected chi connectivity index (χ4v) is 3.52. The molecule has 1 N–H and O–H groups in total. The van der Waals surface area contributed by atoms with Gasteiger partial charge < -0.3 is 14.6 Å². The minimum absolute atomic E-state index is 0.0635. The van der Waals surface area contributed by atoms with Crippen molar-refractivity contribution < 1.29 is 9.53 Å². The summed E-state index contributed by atoms with van der Waals surface area (Å²) >= 11 is 1.37. The Morgan fingerprint density at radius 3 is 2.68 bits per heavy atom. The van der Waals surface area contributed by atoms with Crippen molar-refractivity contribution in [2.24, 2.45) is 0 Å². The van der Waals surface area contributed by atoms with Crippen molar-refractivity contribution in [2.45, 2.75) is 39.1 Å². The maximum atomic E-state index is 12.4. The first-order valence-corrected chi connectivity index (χ1v) is 10.1. The Morgan fingerprint density at radius 1 is 1.14 bits per heavy atom. The third-order valence-electron chi connectivity index (χ3n) is 4.22. The molecule has 0 atom stereocenters. The van der Waals surface area contributed by atoms with Crippen molar-refractivity contribution in [1.82, 2.24) is 14.8 Å². The molecule has 0 aliphatic rings. The lowest BCUT2D eigenvalue weighted by atomic mass is 10.1. The van der Waals surface area contributed by atoms with Crippen LogP contribution < -0.4 is 10.1 Å². The number of carbonyl (C=O) groups excluding carboxylic acids is 1. The van der Waals surface area contributed by atoms with Crippen LogP contribution in [0, 0.1) is 13.8 Å². The zero-order valence-corrected chi connectivity index (χ0v) is 17.1. The van der Waals surface area contributed by atoms with Gasteiger partial charge >= 0.3 is 0 Å². The van der Waals surface area contributed by atoms with Crippen LogP contribution in [0.4, 0.5) is 5.69 Å². The van der Waals surface area contributed by atoms with E-state index in [1.54, 1.807) is 0 Å². The number of nitrogens with zero attached hydrogens (tertiary/aromatic N) is 3. The molecule has 0 fully saturated rings. The van der Waals surface area contributed by atoms with Crippen molar-refractivity contribution >= 4 is 23.4 Å². The first-order valence-electron chi connectivity index (χ1n) is 9.16. The molecule has 28 heavy (non-hydrogen) atoms. The Labute approximate surface area is 169 Å². The van der Waals surface area contributed by atoms with E-state index in [9.17, 15) is 4.79 Å². The molecule has 1 heterocycles. The third-order valence-corrected chi connectivity index (χ3v) is 5.19. The molecule has 7 heteroatoms. The number of aryl methyl sites for hydroxylation is 2. The summed E-state index contributed by atoms with van der Waals surface area (Å²) in [6.45, 7) is 7.05. The molecule has 1 aromatic heterocycles. The Kier molecular flexibility index (Phi) is 6.71. The number of para-hydroxylation sites is 1. The lowest BCUT2D eigenvalue weighted by Gasteiger charge is -2.10.